The van der Waals surface area contributed by atoms with E-state index in [1.54, 1.807) is 32.6 Å². The number of guanidine groups is 1. The van der Waals surface area contributed by atoms with Gasteiger partial charge in [0.15, 0.2) is 5.96 Å². The Bertz CT molecular complexity index is 783. The molecule has 0 aromatic heterocycles. The normalized spacial score (nSPS) is 16.2. The highest BCUT2D eigenvalue weighted by molar-refractivity contribution is 5.78. The summed E-state index contributed by atoms with van der Waals surface area (Å²) in [5.74, 6) is 0.213. The predicted octanol–water partition coefficient (Wildman–Crippen LogP) is 3.91. The quantitative estimate of drug-likeness (QED) is 0.531. The zero-order valence-electron chi connectivity index (χ0n) is 18.4. The number of ether oxygens (including phenoxy) is 2. The van der Waals surface area contributed by atoms with Crippen molar-refractivity contribution in [3.8, 4) is 5.75 Å². The molecule has 1 aliphatic heterocycles. The fraction of sp³-hybridized carbons (Fsp3) is 0.619. The van der Waals surface area contributed by atoms with Crippen molar-refractivity contribution in [3.05, 3.63) is 29.3 Å². The largest absolute Gasteiger partial charge is 0.488 e. The van der Waals surface area contributed by atoms with E-state index in [2.05, 4.69) is 10.3 Å². The van der Waals surface area contributed by atoms with E-state index in [0.29, 0.717) is 32.5 Å². The molecule has 1 aliphatic rings. The summed E-state index contributed by atoms with van der Waals surface area (Å²) in [7, 11) is 0. The fourth-order valence-electron chi connectivity index (χ4n) is 3.22. The van der Waals surface area contributed by atoms with Crippen LogP contribution in [-0.2, 0) is 17.5 Å². The fourth-order valence-corrected chi connectivity index (χ4v) is 3.22. The number of nitrogens with one attached hydrogen (secondary N) is 1. The smallest absolute Gasteiger partial charge is 0.416 e. The molecule has 0 aliphatic carbocycles. The molecule has 3 N–H and O–H groups in total. The number of amides is 1. The van der Waals surface area contributed by atoms with Crippen LogP contribution in [0.2, 0.25) is 0 Å². The van der Waals surface area contributed by atoms with Crippen molar-refractivity contribution >= 4 is 12.1 Å². The van der Waals surface area contributed by atoms with E-state index in [4.69, 9.17) is 15.2 Å². The lowest BCUT2D eigenvalue weighted by atomic mass is 10.1. The first-order chi connectivity index (χ1) is 14.4. The van der Waals surface area contributed by atoms with Gasteiger partial charge in [0.2, 0.25) is 0 Å². The molecule has 1 heterocycles. The van der Waals surface area contributed by atoms with Crippen LogP contribution < -0.4 is 15.8 Å². The number of piperidine rings is 1. The minimum Gasteiger partial charge on any atom is -0.488 e. The number of halogens is 3. The number of rotatable bonds is 5. The van der Waals surface area contributed by atoms with Crippen molar-refractivity contribution in [1.29, 1.82) is 0 Å². The van der Waals surface area contributed by atoms with Gasteiger partial charge in [-0.2, -0.15) is 13.2 Å². The molecule has 1 saturated heterocycles. The van der Waals surface area contributed by atoms with Gasteiger partial charge in [0.1, 0.15) is 11.4 Å². The molecule has 10 heteroatoms. The number of carbonyl (C=O) groups excluding carboxylic acids is 1. The van der Waals surface area contributed by atoms with Crippen LogP contribution in [0.15, 0.2) is 23.2 Å². The average Bonchev–Trinajstić information content (AvgIpc) is 2.65. The van der Waals surface area contributed by atoms with Gasteiger partial charge in [-0.1, -0.05) is 6.07 Å². The summed E-state index contributed by atoms with van der Waals surface area (Å²) in [6.07, 6.45) is -3.60. The minimum atomic E-state index is -4.54. The van der Waals surface area contributed by atoms with E-state index in [9.17, 15) is 18.0 Å². The Hall–Kier alpha value is -2.65. The number of hydrogen-bond donors (Lipinski definition) is 2. The van der Waals surface area contributed by atoms with Crippen LogP contribution >= 0.6 is 0 Å². The van der Waals surface area contributed by atoms with Crippen LogP contribution in [0.5, 0.6) is 5.75 Å². The van der Waals surface area contributed by atoms with E-state index >= 15 is 0 Å². The molecule has 2 rings (SSSR count). The summed E-state index contributed by atoms with van der Waals surface area (Å²) < 4.78 is 51.1. The van der Waals surface area contributed by atoms with Crippen LogP contribution in [0.4, 0.5) is 18.0 Å². The summed E-state index contributed by atoms with van der Waals surface area (Å²) in [5.41, 5.74) is 4.50. The third-order valence-electron chi connectivity index (χ3n) is 4.60. The van der Waals surface area contributed by atoms with Crippen LogP contribution in [0.1, 0.15) is 51.7 Å². The Morgan fingerprint density at radius 1 is 1.26 bits per heavy atom. The number of carbonyl (C=O) groups is 1. The number of benzene rings is 1. The number of aliphatic imine (C=N–C) groups is 1. The van der Waals surface area contributed by atoms with E-state index in [-0.39, 0.29) is 36.0 Å². The number of alkyl halides is 3. The summed E-state index contributed by atoms with van der Waals surface area (Å²) in [5, 5.41) is 3.02. The van der Waals surface area contributed by atoms with Gasteiger partial charge in [-0.25, -0.2) is 9.79 Å². The number of hydrogen-bond acceptors (Lipinski definition) is 4. The molecule has 174 valence electrons. The van der Waals surface area contributed by atoms with Gasteiger partial charge >= 0.3 is 12.3 Å². The minimum absolute atomic E-state index is 0.00985. The predicted molar refractivity (Wildman–Crippen MR) is 112 cm³/mol. The first kappa shape index (κ1) is 24.6. The van der Waals surface area contributed by atoms with E-state index in [0.717, 1.165) is 6.07 Å². The lowest BCUT2D eigenvalue weighted by Gasteiger charge is -2.31. The number of nitrogens with two attached hydrogens (primary N) is 1. The Balaban J connectivity index is 2.00. The van der Waals surface area contributed by atoms with Crippen molar-refractivity contribution in [2.24, 2.45) is 10.7 Å². The molecule has 0 spiro atoms. The van der Waals surface area contributed by atoms with Crippen LogP contribution in [-0.4, -0.2) is 48.3 Å². The van der Waals surface area contributed by atoms with Crippen molar-refractivity contribution in [3.63, 3.8) is 0 Å². The molecule has 1 fully saturated rings. The van der Waals surface area contributed by atoms with Crippen LogP contribution in [0.3, 0.4) is 0 Å². The topological polar surface area (TPSA) is 89.2 Å². The molecule has 7 nitrogen and oxygen atoms in total. The van der Waals surface area contributed by atoms with Gasteiger partial charge < -0.3 is 25.4 Å². The van der Waals surface area contributed by atoms with Crippen molar-refractivity contribution in [2.75, 3.05) is 19.7 Å². The average molecular weight is 444 g/mol. The second kappa shape index (κ2) is 10.1. The first-order valence-corrected chi connectivity index (χ1v) is 10.3. The molecule has 1 aromatic carbocycles. The van der Waals surface area contributed by atoms with E-state index in [1.807, 2.05) is 0 Å². The van der Waals surface area contributed by atoms with E-state index < -0.39 is 17.3 Å². The third-order valence-corrected chi connectivity index (χ3v) is 4.60. The molecular formula is C21H31F3N4O3. The molecule has 31 heavy (non-hydrogen) atoms. The van der Waals surface area contributed by atoms with Gasteiger partial charge in [-0.3, -0.25) is 0 Å². The van der Waals surface area contributed by atoms with Gasteiger partial charge in [-0.05, 0) is 58.2 Å². The summed E-state index contributed by atoms with van der Waals surface area (Å²) >= 11 is 0. The number of nitrogens with zero attached hydrogens (tertiary/aromatic N) is 2. The molecule has 0 unspecified atom stereocenters. The second-order valence-electron chi connectivity index (χ2n) is 8.34. The molecule has 0 bridgehead atoms. The van der Waals surface area contributed by atoms with E-state index in [1.165, 1.54) is 12.1 Å². The Morgan fingerprint density at radius 2 is 1.90 bits per heavy atom. The van der Waals surface area contributed by atoms with Gasteiger partial charge in [0.05, 0.1) is 18.7 Å². The summed E-state index contributed by atoms with van der Waals surface area (Å²) in [6.45, 7) is 8.17. The standard InChI is InChI=1S/C21H31F3N4O3/c1-5-30-19(29)28-10-8-15(9-11-28)27-18(25)26-13-14-6-7-16(31-20(2,3)4)12-17(14)21(22,23)24/h6-7,12,15H,5,8-11,13H2,1-4H3,(H3,25,26,27). The molecular weight excluding hydrogens is 413 g/mol. The highest BCUT2D eigenvalue weighted by Gasteiger charge is 2.34. The molecule has 0 radical (unpaired) electrons. The second-order valence-corrected chi connectivity index (χ2v) is 8.34. The van der Waals surface area contributed by atoms with Crippen molar-refractivity contribution < 1.29 is 27.4 Å². The van der Waals surface area contributed by atoms with Crippen molar-refractivity contribution in [1.82, 2.24) is 10.2 Å². The van der Waals surface area contributed by atoms with Gasteiger partial charge in [-0.15, -0.1) is 0 Å². The lowest BCUT2D eigenvalue weighted by Crippen LogP contribution is -2.48. The Labute approximate surface area is 180 Å². The Kier molecular flexibility index (Phi) is 8.02. The monoisotopic (exact) mass is 444 g/mol. The maximum absolute atomic E-state index is 13.5. The van der Waals surface area contributed by atoms with Crippen LogP contribution in [0, 0.1) is 0 Å². The molecule has 0 saturated carbocycles. The lowest BCUT2D eigenvalue weighted by molar-refractivity contribution is -0.138. The van der Waals surface area contributed by atoms with Crippen LogP contribution in [0.25, 0.3) is 0 Å². The highest BCUT2D eigenvalue weighted by atomic mass is 19.4. The van der Waals surface area contributed by atoms with Crippen molar-refractivity contribution in [2.45, 2.75) is 64.9 Å². The third kappa shape index (κ3) is 7.84. The molecule has 1 amide bonds. The molecule has 0 atom stereocenters. The maximum Gasteiger partial charge on any atom is 0.416 e. The Morgan fingerprint density at radius 3 is 2.45 bits per heavy atom. The van der Waals surface area contributed by atoms with Gasteiger partial charge in [0, 0.05) is 19.1 Å². The first-order valence-electron chi connectivity index (χ1n) is 10.3. The SMILES string of the molecule is CCOC(=O)N1CCC(NC(N)=NCc2ccc(OC(C)(C)C)cc2C(F)(F)F)CC1. The summed E-state index contributed by atoms with van der Waals surface area (Å²) in [4.78, 5) is 17.4. The van der Waals surface area contributed by atoms with Gasteiger partial charge in [0.25, 0.3) is 0 Å². The molecule has 1 aromatic rings. The maximum atomic E-state index is 13.5. The zero-order chi connectivity index (χ0) is 23.2. The summed E-state index contributed by atoms with van der Waals surface area (Å²) in [6, 6.07) is 3.84. The highest BCUT2D eigenvalue weighted by Crippen LogP contribution is 2.35. The zero-order valence-corrected chi connectivity index (χ0v) is 18.4. The number of likely N-dealkylation sites (tertiary alicyclic amines) is 1.